The summed E-state index contributed by atoms with van der Waals surface area (Å²) in [7, 11) is 0. The Morgan fingerprint density at radius 2 is 1.96 bits per heavy atom. The highest BCUT2D eigenvalue weighted by Gasteiger charge is 2.40. The molecule has 4 atom stereocenters. The SMILES string of the molecule is O=C(NC[C@H]1C[C@@H]2CCN1C[C@@H]2CN1CCSCC1)Nc1ccccc1. The summed E-state index contributed by atoms with van der Waals surface area (Å²) in [5, 5.41) is 5.99. The van der Waals surface area contributed by atoms with E-state index in [0.29, 0.717) is 6.04 Å². The highest BCUT2D eigenvalue weighted by molar-refractivity contribution is 7.99. The first-order valence-electron chi connectivity index (χ1n) is 9.92. The molecular weight excluding hydrogens is 344 g/mol. The lowest BCUT2D eigenvalue weighted by Crippen LogP contribution is -2.59. The molecule has 4 aliphatic heterocycles. The van der Waals surface area contributed by atoms with E-state index in [1.807, 2.05) is 30.3 Å². The van der Waals surface area contributed by atoms with Crippen molar-refractivity contribution in [2.45, 2.75) is 18.9 Å². The van der Waals surface area contributed by atoms with E-state index in [9.17, 15) is 4.79 Å². The molecule has 2 N–H and O–H groups in total. The highest BCUT2D eigenvalue weighted by Crippen LogP contribution is 2.36. The first kappa shape index (κ1) is 18.1. The lowest BCUT2D eigenvalue weighted by Gasteiger charge is -2.51. The van der Waals surface area contributed by atoms with Gasteiger partial charge in [0.1, 0.15) is 0 Å². The van der Waals surface area contributed by atoms with Gasteiger partial charge < -0.3 is 15.5 Å². The fourth-order valence-corrected chi connectivity index (χ4v) is 5.67. The zero-order chi connectivity index (χ0) is 17.8. The van der Waals surface area contributed by atoms with Crippen LogP contribution in [0.2, 0.25) is 0 Å². The summed E-state index contributed by atoms with van der Waals surface area (Å²) in [6, 6.07) is 10.1. The van der Waals surface area contributed by atoms with Crippen LogP contribution in [0.5, 0.6) is 0 Å². The Balaban J connectivity index is 1.23. The van der Waals surface area contributed by atoms with Crippen molar-refractivity contribution in [3.05, 3.63) is 30.3 Å². The lowest BCUT2D eigenvalue weighted by atomic mass is 9.75. The van der Waals surface area contributed by atoms with Crippen LogP contribution in [0.4, 0.5) is 10.5 Å². The second-order valence-electron chi connectivity index (χ2n) is 7.81. The summed E-state index contributed by atoms with van der Waals surface area (Å²) in [6.45, 7) is 6.96. The molecule has 1 aromatic rings. The van der Waals surface area contributed by atoms with E-state index in [1.54, 1.807) is 0 Å². The minimum Gasteiger partial charge on any atom is -0.336 e. The molecule has 26 heavy (non-hydrogen) atoms. The lowest BCUT2D eigenvalue weighted by molar-refractivity contribution is -0.00980. The first-order valence-corrected chi connectivity index (χ1v) is 11.1. The van der Waals surface area contributed by atoms with Crippen LogP contribution in [0, 0.1) is 11.8 Å². The van der Waals surface area contributed by atoms with Crippen molar-refractivity contribution < 1.29 is 4.79 Å². The normalized spacial score (nSPS) is 31.5. The van der Waals surface area contributed by atoms with Gasteiger partial charge in [0.05, 0.1) is 0 Å². The molecule has 0 spiro atoms. The quantitative estimate of drug-likeness (QED) is 0.832. The van der Waals surface area contributed by atoms with E-state index in [4.69, 9.17) is 0 Å². The summed E-state index contributed by atoms with van der Waals surface area (Å²) in [5.41, 5.74) is 0.843. The second-order valence-corrected chi connectivity index (χ2v) is 9.03. The number of benzene rings is 1. The van der Waals surface area contributed by atoms with Gasteiger partial charge in [0.25, 0.3) is 0 Å². The maximum Gasteiger partial charge on any atom is 0.319 e. The zero-order valence-corrected chi connectivity index (χ0v) is 16.2. The van der Waals surface area contributed by atoms with Gasteiger partial charge in [0.2, 0.25) is 0 Å². The average molecular weight is 375 g/mol. The van der Waals surface area contributed by atoms with Gasteiger partial charge in [-0.25, -0.2) is 4.79 Å². The van der Waals surface area contributed by atoms with Crippen molar-refractivity contribution in [2.75, 3.05) is 56.1 Å². The van der Waals surface area contributed by atoms with E-state index < -0.39 is 0 Å². The molecule has 142 valence electrons. The molecule has 0 aromatic heterocycles. The summed E-state index contributed by atoms with van der Waals surface area (Å²) >= 11 is 2.09. The number of nitrogens with zero attached hydrogens (tertiary/aromatic N) is 2. The number of urea groups is 1. The molecule has 2 bridgehead atoms. The Morgan fingerprint density at radius 3 is 2.69 bits per heavy atom. The summed E-state index contributed by atoms with van der Waals surface area (Å²) in [4.78, 5) is 17.4. The number of para-hydroxylation sites is 1. The number of amides is 2. The van der Waals surface area contributed by atoms with Crippen LogP contribution in [-0.2, 0) is 0 Å². The molecule has 4 saturated heterocycles. The summed E-state index contributed by atoms with van der Waals surface area (Å²) in [6.07, 6.45) is 2.57. The predicted molar refractivity (Wildman–Crippen MR) is 109 cm³/mol. The van der Waals surface area contributed by atoms with Gasteiger partial charge in [-0.15, -0.1) is 0 Å². The molecule has 4 aliphatic rings. The molecule has 4 fully saturated rings. The average Bonchev–Trinajstić information content (AvgIpc) is 2.69. The largest absolute Gasteiger partial charge is 0.336 e. The molecule has 0 radical (unpaired) electrons. The minimum atomic E-state index is -0.0961. The van der Waals surface area contributed by atoms with E-state index in [2.05, 4.69) is 32.2 Å². The Labute approximate surface area is 160 Å². The molecule has 4 heterocycles. The van der Waals surface area contributed by atoms with Crippen LogP contribution >= 0.6 is 11.8 Å². The molecule has 2 amide bonds. The topological polar surface area (TPSA) is 47.6 Å². The Bertz CT molecular complexity index is 593. The van der Waals surface area contributed by atoms with Gasteiger partial charge in [0, 0.05) is 56.0 Å². The number of carbonyl (C=O) groups excluding carboxylic acids is 1. The van der Waals surface area contributed by atoms with Gasteiger partial charge in [-0.05, 0) is 43.4 Å². The van der Waals surface area contributed by atoms with Crippen molar-refractivity contribution in [1.29, 1.82) is 0 Å². The van der Waals surface area contributed by atoms with Gasteiger partial charge in [-0.2, -0.15) is 11.8 Å². The molecule has 0 saturated carbocycles. The van der Waals surface area contributed by atoms with E-state index >= 15 is 0 Å². The van der Waals surface area contributed by atoms with Gasteiger partial charge in [-0.1, -0.05) is 18.2 Å². The smallest absolute Gasteiger partial charge is 0.319 e. The van der Waals surface area contributed by atoms with Crippen LogP contribution in [0.1, 0.15) is 12.8 Å². The Hall–Kier alpha value is -1.24. The third kappa shape index (κ3) is 4.53. The van der Waals surface area contributed by atoms with Crippen molar-refractivity contribution in [3.8, 4) is 0 Å². The molecule has 5 rings (SSSR count). The number of thioether (sulfide) groups is 1. The Kier molecular flexibility index (Phi) is 6.02. The highest BCUT2D eigenvalue weighted by atomic mass is 32.2. The number of nitrogens with one attached hydrogen (secondary N) is 2. The van der Waals surface area contributed by atoms with Crippen LogP contribution in [-0.4, -0.2) is 72.6 Å². The molecule has 5 nitrogen and oxygen atoms in total. The maximum absolute atomic E-state index is 12.1. The van der Waals surface area contributed by atoms with Crippen LogP contribution in [0.3, 0.4) is 0 Å². The fraction of sp³-hybridized carbons (Fsp3) is 0.650. The number of carbonyl (C=O) groups is 1. The predicted octanol–water partition coefficient (Wildman–Crippen LogP) is 2.57. The minimum absolute atomic E-state index is 0.0961. The van der Waals surface area contributed by atoms with Crippen molar-refractivity contribution in [2.24, 2.45) is 11.8 Å². The van der Waals surface area contributed by atoms with Gasteiger partial charge >= 0.3 is 6.03 Å². The number of anilines is 1. The zero-order valence-electron chi connectivity index (χ0n) is 15.4. The summed E-state index contributed by atoms with van der Waals surface area (Å²) < 4.78 is 0. The summed E-state index contributed by atoms with van der Waals surface area (Å²) in [5.74, 6) is 4.24. The van der Waals surface area contributed by atoms with Crippen molar-refractivity contribution >= 4 is 23.5 Å². The van der Waals surface area contributed by atoms with Crippen LogP contribution < -0.4 is 10.6 Å². The van der Waals surface area contributed by atoms with Crippen molar-refractivity contribution in [1.82, 2.24) is 15.1 Å². The molecule has 1 unspecified atom stereocenters. The van der Waals surface area contributed by atoms with Gasteiger partial charge in [-0.3, -0.25) is 4.90 Å². The molecule has 0 aliphatic carbocycles. The van der Waals surface area contributed by atoms with E-state index in [-0.39, 0.29) is 6.03 Å². The number of rotatable bonds is 5. The van der Waals surface area contributed by atoms with Crippen LogP contribution in [0.25, 0.3) is 0 Å². The maximum atomic E-state index is 12.1. The third-order valence-corrected chi connectivity index (χ3v) is 7.08. The first-order chi connectivity index (χ1) is 12.8. The van der Waals surface area contributed by atoms with Crippen LogP contribution in [0.15, 0.2) is 30.3 Å². The van der Waals surface area contributed by atoms with Crippen molar-refractivity contribution in [3.63, 3.8) is 0 Å². The third-order valence-electron chi connectivity index (χ3n) is 6.14. The number of fused-ring (bicyclic) bond motifs is 3. The monoisotopic (exact) mass is 374 g/mol. The van der Waals surface area contributed by atoms with E-state index in [1.165, 1.54) is 57.1 Å². The Morgan fingerprint density at radius 1 is 1.15 bits per heavy atom. The number of hydrogen-bond acceptors (Lipinski definition) is 4. The molecule has 6 heteroatoms. The molecule has 1 aromatic carbocycles. The second kappa shape index (κ2) is 8.63. The van der Waals surface area contributed by atoms with E-state index in [0.717, 1.165) is 24.1 Å². The standard InChI is InChI=1S/C20H30N4OS/c25-20(22-18-4-2-1-3-5-18)21-13-19-12-16-6-7-24(19)15-17(16)14-23-8-10-26-11-9-23/h1-5,16-17,19H,6-15H2,(H2,21,22,25)/t16-,17-,19+/m0/s1. The fourth-order valence-electron chi connectivity index (χ4n) is 4.69. The number of piperidine rings is 3. The number of hydrogen-bond donors (Lipinski definition) is 2. The van der Waals surface area contributed by atoms with Gasteiger partial charge in [0.15, 0.2) is 0 Å². The molecular formula is C20H30N4OS.